The molecule has 0 aliphatic carbocycles. The number of carboxylic acid groups (broad SMARTS) is 1. The van der Waals surface area contributed by atoms with Crippen molar-refractivity contribution < 1.29 is 23.4 Å². The number of carboxylic acids is 1. The fourth-order valence-corrected chi connectivity index (χ4v) is 3.50. The SMILES string of the molecule is O=C(O)C(CCO)NS(=O)(=O)c1cccc2ccccc12. The van der Waals surface area contributed by atoms with Crippen LogP contribution in [0.3, 0.4) is 0 Å². The number of fused-ring (bicyclic) bond motifs is 1. The molecule has 0 bridgehead atoms. The zero-order valence-corrected chi connectivity index (χ0v) is 11.9. The third-order valence-electron chi connectivity index (χ3n) is 3.05. The van der Waals surface area contributed by atoms with Crippen LogP contribution in [0.25, 0.3) is 10.8 Å². The highest BCUT2D eigenvalue weighted by molar-refractivity contribution is 7.89. The largest absolute Gasteiger partial charge is 0.480 e. The average Bonchev–Trinajstić information content (AvgIpc) is 2.46. The second kappa shape index (κ2) is 6.21. The lowest BCUT2D eigenvalue weighted by Gasteiger charge is -2.14. The molecule has 2 rings (SSSR count). The van der Waals surface area contributed by atoms with Gasteiger partial charge in [0.25, 0.3) is 0 Å². The summed E-state index contributed by atoms with van der Waals surface area (Å²) in [6.07, 6.45) is -0.195. The summed E-state index contributed by atoms with van der Waals surface area (Å²) in [5.74, 6) is -1.33. The van der Waals surface area contributed by atoms with E-state index in [2.05, 4.69) is 4.72 Å². The molecule has 7 heteroatoms. The second-order valence-corrected chi connectivity index (χ2v) is 6.18. The number of carbonyl (C=O) groups is 1. The van der Waals surface area contributed by atoms with E-state index in [4.69, 9.17) is 10.2 Å². The van der Waals surface area contributed by atoms with E-state index in [1.807, 2.05) is 0 Å². The molecule has 2 aromatic rings. The number of benzene rings is 2. The Kier molecular flexibility index (Phi) is 4.56. The number of rotatable bonds is 6. The quantitative estimate of drug-likeness (QED) is 0.737. The third-order valence-corrected chi connectivity index (χ3v) is 4.58. The molecule has 0 aliphatic heterocycles. The van der Waals surface area contributed by atoms with Gasteiger partial charge in [-0.1, -0.05) is 36.4 Å². The van der Waals surface area contributed by atoms with Crippen LogP contribution >= 0.6 is 0 Å². The lowest BCUT2D eigenvalue weighted by atomic mass is 10.1. The topological polar surface area (TPSA) is 104 Å². The van der Waals surface area contributed by atoms with Crippen molar-refractivity contribution in [2.24, 2.45) is 0 Å². The highest BCUT2D eigenvalue weighted by Crippen LogP contribution is 2.22. The van der Waals surface area contributed by atoms with Crippen molar-refractivity contribution in [2.45, 2.75) is 17.4 Å². The predicted octanol–water partition coefficient (Wildman–Crippen LogP) is 0.954. The maximum atomic E-state index is 12.4. The van der Waals surface area contributed by atoms with Gasteiger partial charge in [0.2, 0.25) is 10.0 Å². The van der Waals surface area contributed by atoms with Crippen LogP contribution in [0.1, 0.15) is 6.42 Å². The summed E-state index contributed by atoms with van der Waals surface area (Å²) in [6, 6.07) is 10.4. The Hall–Kier alpha value is -1.96. The molecule has 0 fully saturated rings. The second-order valence-electron chi connectivity index (χ2n) is 4.50. The van der Waals surface area contributed by atoms with Crippen LogP contribution in [-0.2, 0) is 14.8 Å². The summed E-state index contributed by atoms with van der Waals surface area (Å²) in [6.45, 7) is -0.422. The zero-order chi connectivity index (χ0) is 15.5. The van der Waals surface area contributed by atoms with Gasteiger partial charge < -0.3 is 10.2 Å². The van der Waals surface area contributed by atoms with E-state index >= 15 is 0 Å². The summed E-state index contributed by atoms with van der Waals surface area (Å²) in [5.41, 5.74) is 0. The summed E-state index contributed by atoms with van der Waals surface area (Å²) >= 11 is 0. The van der Waals surface area contributed by atoms with Crippen LogP contribution < -0.4 is 4.72 Å². The number of aliphatic hydroxyl groups is 1. The van der Waals surface area contributed by atoms with E-state index in [0.29, 0.717) is 5.39 Å². The molecular formula is C14H15NO5S. The van der Waals surface area contributed by atoms with Gasteiger partial charge in [0.1, 0.15) is 6.04 Å². The van der Waals surface area contributed by atoms with Crippen LogP contribution in [-0.4, -0.2) is 37.2 Å². The zero-order valence-electron chi connectivity index (χ0n) is 11.1. The van der Waals surface area contributed by atoms with E-state index in [-0.39, 0.29) is 11.3 Å². The molecule has 21 heavy (non-hydrogen) atoms. The standard InChI is InChI=1S/C14H15NO5S/c16-9-8-12(14(17)18)15-21(19,20)13-7-3-5-10-4-1-2-6-11(10)13/h1-7,12,15-16H,8-9H2,(H,17,18). The first-order chi connectivity index (χ1) is 9.95. The fourth-order valence-electron chi connectivity index (χ4n) is 2.04. The molecule has 0 saturated heterocycles. The monoisotopic (exact) mass is 309 g/mol. The van der Waals surface area contributed by atoms with Gasteiger partial charge in [-0.15, -0.1) is 0 Å². The van der Waals surface area contributed by atoms with E-state index < -0.39 is 28.6 Å². The van der Waals surface area contributed by atoms with Crippen LogP contribution in [0.5, 0.6) is 0 Å². The smallest absolute Gasteiger partial charge is 0.321 e. The number of nitrogens with one attached hydrogen (secondary N) is 1. The van der Waals surface area contributed by atoms with Gasteiger partial charge in [-0.2, -0.15) is 4.72 Å². The molecule has 2 aromatic carbocycles. The molecule has 0 aliphatic rings. The maximum absolute atomic E-state index is 12.4. The van der Waals surface area contributed by atoms with Gasteiger partial charge >= 0.3 is 5.97 Å². The van der Waals surface area contributed by atoms with Crippen molar-refractivity contribution in [3.63, 3.8) is 0 Å². The number of hydrogen-bond acceptors (Lipinski definition) is 4. The van der Waals surface area contributed by atoms with Crippen molar-refractivity contribution in [3.05, 3.63) is 42.5 Å². The lowest BCUT2D eigenvalue weighted by molar-refractivity contribution is -0.139. The van der Waals surface area contributed by atoms with Gasteiger partial charge in [-0.05, 0) is 17.9 Å². The van der Waals surface area contributed by atoms with E-state index in [0.717, 1.165) is 5.39 Å². The Bertz CT molecular complexity index is 752. The van der Waals surface area contributed by atoms with Gasteiger partial charge in [-0.25, -0.2) is 8.42 Å². The van der Waals surface area contributed by atoms with Crippen molar-refractivity contribution in [1.82, 2.24) is 4.72 Å². The molecule has 0 amide bonds. The summed E-state index contributed by atoms with van der Waals surface area (Å²) in [7, 11) is -4.00. The van der Waals surface area contributed by atoms with Crippen LogP contribution in [0, 0.1) is 0 Å². The summed E-state index contributed by atoms with van der Waals surface area (Å²) in [4.78, 5) is 11.0. The number of sulfonamides is 1. The molecule has 6 nitrogen and oxygen atoms in total. The lowest BCUT2D eigenvalue weighted by Crippen LogP contribution is -2.41. The van der Waals surface area contributed by atoms with E-state index in [1.54, 1.807) is 36.4 Å². The minimum atomic E-state index is -4.00. The van der Waals surface area contributed by atoms with Crippen LogP contribution in [0.15, 0.2) is 47.4 Å². The first-order valence-corrected chi connectivity index (χ1v) is 7.78. The van der Waals surface area contributed by atoms with Crippen molar-refractivity contribution in [1.29, 1.82) is 0 Å². The molecule has 112 valence electrons. The van der Waals surface area contributed by atoms with Crippen LogP contribution in [0.4, 0.5) is 0 Å². The molecule has 3 N–H and O–H groups in total. The van der Waals surface area contributed by atoms with Gasteiger partial charge in [-0.3, -0.25) is 4.79 Å². The van der Waals surface area contributed by atoms with E-state index in [9.17, 15) is 13.2 Å². The summed E-state index contributed by atoms with van der Waals surface area (Å²) < 4.78 is 26.9. The number of aliphatic carboxylic acids is 1. The van der Waals surface area contributed by atoms with E-state index in [1.165, 1.54) is 6.07 Å². The number of aliphatic hydroxyl groups excluding tert-OH is 1. The van der Waals surface area contributed by atoms with Crippen LogP contribution in [0.2, 0.25) is 0 Å². The molecule has 0 spiro atoms. The van der Waals surface area contributed by atoms with Gasteiger partial charge in [0.15, 0.2) is 0 Å². The number of hydrogen-bond donors (Lipinski definition) is 3. The molecule has 1 atom stereocenters. The Morgan fingerprint density at radius 3 is 2.48 bits per heavy atom. The summed E-state index contributed by atoms with van der Waals surface area (Å²) in [5, 5.41) is 19.1. The highest BCUT2D eigenvalue weighted by Gasteiger charge is 2.26. The molecule has 0 aromatic heterocycles. The predicted molar refractivity (Wildman–Crippen MR) is 77.4 cm³/mol. The third kappa shape index (κ3) is 3.38. The Balaban J connectivity index is 2.44. The molecule has 0 saturated carbocycles. The average molecular weight is 309 g/mol. The molecule has 0 radical (unpaired) electrons. The first-order valence-electron chi connectivity index (χ1n) is 6.29. The molecule has 0 heterocycles. The Morgan fingerprint density at radius 1 is 1.14 bits per heavy atom. The van der Waals surface area contributed by atoms with Gasteiger partial charge in [0, 0.05) is 12.0 Å². The van der Waals surface area contributed by atoms with Crippen molar-refractivity contribution >= 4 is 26.8 Å². The Labute approximate surface area is 122 Å². The van der Waals surface area contributed by atoms with Crippen molar-refractivity contribution in [2.75, 3.05) is 6.61 Å². The maximum Gasteiger partial charge on any atom is 0.321 e. The minimum Gasteiger partial charge on any atom is -0.480 e. The van der Waals surface area contributed by atoms with Crippen molar-refractivity contribution in [3.8, 4) is 0 Å². The normalized spacial score (nSPS) is 13.2. The highest BCUT2D eigenvalue weighted by atomic mass is 32.2. The Morgan fingerprint density at radius 2 is 1.81 bits per heavy atom. The molecule has 1 unspecified atom stereocenters. The fraction of sp³-hybridized carbons (Fsp3) is 0.214. The molecular weight excluding hydrogens is 294 g/mol. The first kappa shape index (κ1) is 15.4. The minimum absolute atomic E-state index is 0.0183. The van der Waals surface area contributed by atoms with Gasteiger partial charge in [0.05, 0.1) is 4.90 Å².